The Balaban J connectivity index is 1.93. The van der Waals surface area contributed by atoms with Gasteiger partial charge in [-0.15, -0.1) is 0 Å². The Labute approximate surface area is 104 Å². The standard InChI is InChI=1S/C13H14FN3O/c14-10-7-9(12-8-13(15)16-18-12)3-4-11(10)17-5-1-2-6-17/h3-4,7-8H,1-2,5-6H2,(H2,15,16). The second-order valence-corrected chi connectivity index (χ2v) is 4.48. The van der Waals surface area contributed by atoms with E-state index in [1.807, 2.05) is 6.07 Å². The molecule has 0 bridgehead atoms. The summed E-state index contributed by atoms with van der Waals surface area (Å²) in [5.41, 5.74) is 6.79. The molecule has 2 aromatic rings. The maximum atomic E-state index is 14.1. The number of hydrogen-bond acceptors (Lipinski definition) is 4. The topological polar surface area (TPSA) is 55.3 Å². The van der Waals surface area contributed by atoms with Gasteiger partial charge in [0.1, 0.15) is 5.82 Å². The first kappa shape index (κ1) is 11.1. The first-order valence-corrected chi connectivity index (χ1v) is 6.01. The van der Waals surface area contributed by atoms with Crippen molar-refractivity contribution in [3.63, 3.8) is 0 Å². The zero-order valence-corrected chi connectivity index (χ0v) is 9.90. The lowest BCUT2D eigenvalue weighted by Crippen LogP contribution is -2.18. The van der Waals surface area contributed by atoms with Gasteiger partial charge in [-0.3, -0.25) is 0 Å². The molecule has 0 amide bonds. The highest BCUT2D eigenvalue weighted by atomic mass is 19.1. The van der Waals surface area contributed by atoms with Crippen molar-refractivity contribution < 1.29 is 8.91 Å². The van der Waals surface area contributed by atoms with Gasteiger partial charge in [0, 0.05) is 24.7 Å². The van der Waals surface area contributed by atoms with Gasteiger partial charge in [0.05, 0.1) is 5.69 Å². The van der Waals surface area contributed by atoms with Crippen molar-refractivity contribution in [1.29, 1.82) is 0 Å². The lowest BCUT2D eigenvalue weighted by Gasteiger charge is -2.18. The molecule has 2 N–H and O–H groups in total. The molecule has 0 aliphatic carbocycles. The van der Waals surface area contributed by atoms with Crippen molar-refractivity contribution >= 4 is 11.5 Å². The summed E-state index contributed by atoms with van der Waals surface area (Å²) >= 11 is 0. The molecular weight excluding hydrogens is 233 g/mol. The molecule has 4 nitrogen and oxygen atoms in total. The Morgan fingerprint density at radius 1 is 1.22 bits per heavy atom. The summed E-state index contributed by atoms with van der Waals surface area (Å²) in [5, 5.41) is 3.59. The molecular formula is C13H14FN3O. The van der Waals surface area contributed by atoms with Crippen LogP contribution in [-0.4, -0.2) is 18.2 Å². The smallest absolute Gasteiger partial charge is 0.169 e. The van der Waals surface area contributed by atoms with E-state index in [4.69, 9.17) is 10.3 Å². The molecule has 1 saturated heterocycles. The summed E-state index contributed by atoms with van der Waals surface area (Å²) in [4.78, 5) is 2.06. The minimum Gasteiger partial charge on any atom is -0.381 e. The summed E-state index contributed by atoms with van der Waals surface area (Å²) < 4.78 is 19.1. The van der Waals surface area contributed by atoms with Crippen LogP contribution >= 0.6 is 0 Å². The number of benzene rings is 1. The van der Waals surface area contributed by atoms with Gasteiger partial charge >= 0.3 is 0 Å². The Kier molecular flexibility index (Phi) is 2.66. The van der Waals surface area contributed by atoms with E-state index < -0.39 is 0 Å². The maximum Gasteiger partial charge on any atom is 0.169 e. The van der Waals surface area contributed by atoms with E-state index >= 15 is 0 Å². The maximum absolute atomic E-state index is 14.1. The molecule has 94 valence electrons. The van der Waals surface area contributed by atoms with Crippen LogP contribution in [0.2, 0.25) is 0 Å². The average Bonchev–Trinajstić information content (AvgIpc) is 2.99. The van der Waals surface area contributed by atoms with Gasteiger partial charge < -0.3 is 15.2 Å². The highest BCUT2D eigenvalue weighted by Gasteiger charge is 2.17. The van der Waals surface area contributed by atoms with Gasteiger partial charge in [-0.05, 0) is 31.0 Å². The number of anilines is 2. The van der Waals surface area contributed by atoms with E-state index in [0.29, 0.717) is 22.8 Å². The zero-order valence-electron chi connectivity index (χ0n) is 9.90. The molecule has 1 aromatic carbocycles. The second-order valence-electron chi connectivity index (χ2n) is 4.48. The Morgan fingerprint density at radius 3 is 2.61 bits per heavy atom. The predicted octanol–water partition coefficient (Wildman–Crippen LogP) is 2.66. The highest BCUT2D eigenvalue weighted by Crippen LogP contribution is 2.29. The first-order chi connectivity index (χ1) is 8.74. The summed E-state index contributed by atoms with van der Waals surface area (Å²) in [6, 6.07) is 6.67. The molecule has 0 spiro atoms. The molecule has 1 aliphatic rings. The number of hydrogen-bond donors (Lipinski definition) is 1. The molecule has 2 heterocycles. The van der Waals surface area contributed by atoms with Crippen LogP contribution in [0.1, 0.15) is 12.8 Å². The number of halogens is 1. The van der Waals surface area contributed by atoms with E-state index in [1.165, 1.54) is 6.07 Å². The molecule has 0 unspecified atom stereocenters. The van der Waals surface area contributed by atoms with Crippen LogP contribution in [0.4, 0.5) is 15.9 Å². The summed E-state index contributed by atoms with van der Waals surface area (Å²) in [6.07, 6.45) is 2.25. The molecule has 1 aromatic heterocycles. The van der Waals surface area contributed by atoms with E-state index in [1.54, 1.807) is 12.1 Å². The second kappa shape index (κ2) is 4.33. The molecule has 3 rings (SSSR count). The third-order valence-electron chi connectivity index (χ3n) is 3.21. The van der Waals surface area contributed by atoms with Gasteiger partial charge in [-0.2, -0.15) is 0 Å². The first-order valence-electron chi connectivity index (χ1n) is 6.01. The van der Waals surface area contributed by atoms with Crippen molar-refractivity contribution in [2.24, 2.45) is 0 Å². The summed E-state index contributed by atoms with van der Waals surface area (Å²) in [6.45, 7) is 1.84. The fraction of sp³-hybridized carbons (Fsp3) is 0.308. The molecule has 1 aliphatic heterocycles. The Bertz CT molecular complexity index is 561. The monoisotopic (exact) mass is 247 g/mol. The van der Waals surface area contributed by atoms with Gasteiger partial charge in [-0.25, -0.2) is 4.39 Å². The number of aromatic nitrogens is 1. The molecule has 0 atom stereocenters. The van der Waals surface area contributed by atoms with Gasteiger partial charge in [-0.1, -0.05) is 5.16 Å². The normalized spacial score (nSPS) is 15.3. The molecule has 0 radical (unpaired) electrons. The average molecular weight is 247 g/mol. The van der Waals surface area contributed by atoms with E-state index in [0.717, 1.165) is 25.9 Å². The Hall–Kier alpha value is -2.04. The lowest BCUT2D eigenvalue weighted by atomic mass is 10.1. The fourth-order valence-electron chi connectivity index (χ4n) is 2.30. The number of nitrogens with two attached hydrogens (primary N) is 1. The van der Waals surface area contributed by atoms with Gasteiger partial charge in [0.15, 0.2) is 11.6 Å². The lowest BCUT2D eigenvalue weighted by molar-refractivity contribution is 0.435. The molecule has 18 heavy (non-hydrogen) atoms. The SMILES string of the molecule is Nc1cc(-c2ccc(N3CCCC3)c(F)c2)on1. The summed E-state index contributed by atoms with van der Waals surface area (Å²) in [7, 11) is 0. The van der Waals surface area contributed by atoms with Crippen molar-refractivity contribution in [3.8, 4) is 11.3 Å². The third-order valence-corrected chi connectivity index (χ3v) is 3.21. The van der Waals surface area contributed by atoms with Gasteiger partial charge in [0.25, 0.3) is 0 Å². The quantitative estimate of drug-likeness (QED) is 0.886. The largest absolute Gasteiger partial charge is 0.381 e. The van der Waals surface area contributed by atoms with Crippen LogP contribution in [0.15, 0.2) is 28.8 Å². The van der Waals surface area contributed by atoms with Crippen LogP contribution in [0, 0.1) is 5.82 Å². The molecule has 5 heteroatoms. The molecule has 1 fully saturated rings. The number of rotatable bonds is 2. The zero-order chi connectivity index (χ0) is 12.5. The van der Waals surface area contributed by atoms with Crippen LogP contribution < -0.4 is 10.6 Å². The van der Waals surface area contributed by atoms with Crippen molar-refractivity contribution in [2.75, 3.05) is 23.7 Å². The van der Waals surface area contributed by atoms with E-state index in [9.17, 15) is 4.39 Å². The minimum absolute atomic E-state index is 0.232. The molecule has 0 saturated carbocycles. The highest BCUT2D eigenvalue weighted by molar-refractivity contribution is 5.64. The Morgan fingerprint density at radius 2 is 2.00 bits per heavy atom. The van der Waals surface area contributed by atoms with Gasteiger partial charge in [0.2, 0.25) is 0 Å². The number of nitrogen functional groups attached to an aromatic ring is 1. The predicted molar refractivity (Wildman–Crippen MR) is 67.8 cm³/mol. The van der Waals surface area contributed by atoms with Crippen LogP contribution in [0.5, 0.6) is 0 Å². The fourth-order valence-corrected chi connectivity index (χ4v) is 2.30. The van der Waals surface area contributed by atoms with E-state index in [-0.39, 0.29) is 5.82 Å². The summed E-state index contributed by atoms with van der Waals surface area (Å²) in [5.74, 6) is 0.553. The van der Waals surface area contributed by atoms with E-state index in [2.05, 4.69) is 10.1 Å². The number of nitrogens with zero attached hydrogens (tertiary/aromatic N) is 2. The third kappa shape index (κ3) is 1.92. The van der Waals surface area contributed by atoms with Crippen LogP contribution in [-0.2, 0) is 0 Å². The van der Waals surface area contributed by atoms with Crippen LogP contribution in [0.3, 0.4) is 0 Å². The van der Waals surface area contributed by atoms with Crippen molar-refractivity contribution in [3.05, 3.63) is 30.1 Å². The van der Waals surface area contributed by atoms with Crippen molar-refractivity contribution in [1.82, 2.24) is 5.16 Å². The van der Waals surface area contributed by atoms with Crippen LogP contribution in [0.25, 0.3) is 11.3 Å². The van der Waals surface area contributed by atoms with Crippen molar-refractivity contribution in [2.45, 2.75) is 12.8 Å². The minimum atomic E-state index is -0.232.